The predicted octanol–water partition coefficient (Wildman–Crippen LogP) is 0.362. The van der Waals surface area contributed by atoms with Crippen molar-refractivity contribution in [2.75, 3.05) is 24.9 Å². The maximum absolute atomic E-state index is 12.0. The van der Waals surface area contributed by atoms with Crippen molar-refractivity contribution in [3.8, 4) is 0 Å². The molecule has 6 nitrogen and oxygen atoms in total. The molecule has 1 aromatic rings. The van der Waals surface area contributed by atoms with E-state index in [0.29, 0.717) is 11.1 Å². The first-order valence-electron chi connectivity index (χ1n) is 6.15. The summed E-state index contributed by atoms with van der Waals surface area (Å²) in [6.07, 6.45) is 0.974. The second-order valence-corrected chi connectivity index (χ2v) is 9.19. The van der Waals surface area contributed by atoms with Crippen LogP contribution in [0.2, 0.25) is 0 Å². The second-order valence-electron chi connectivity index (χ2n) is 4.74. The molecule has 0 aromatic heterocycles. The lowest BCUT2D eigenvalue weighted by Crippen LogP contribution is -2.18. The highest BCUT2D eigenvalue weighted by atomic mass is 32.2. The summed E-state index contributed by atoms with van der Waals surface area (Å²) < 4.78 is 50.6. The van der Waals surface area contributed by atoms with Gasteiger partial charge in [0.1, 0.15) is 9.84 Å². The molecular weight excluding hydrogens is 316 g/mol. The molecule has 0 bridgehead atoms. The highest BCUT2D eigenvalue weighted by Gasteiger charge is 2.18. The van der Waals surface area contributed by atoms with Gasteiger partial charge in [-0.05, 0) is 11.1 Å². The largest absolute Gasteiger partial charge is 0.469 e. The SMILES string of the molecule is COC(=O)Cc1ccccc1CS(=O)(=O)CCS(C)(=O)=O. The van der Waals surface area contributed by atoms with E-state index in [1.807, 2.05) is 0 Å². The van der Waals surface area contributed by atoms with Crippen LogP contribution < -0.4 is 0 Å². The maximum atomic E-state index is 12.0. The fourth-order valence-electron chi connectivity index (χ4n) is 1.69. The first kappa shape index (κ1) is 17.6. The van der Waals surface area contributed by atoms with Crippen molar-refractivity contribution >= 4 is 25.6 Å². The van der Waals surface area contributed by atoms with Crippen LogP contribution >= 0.6 is 0 Å². The van der Waals surface area contributed by atoms with Gasteiger partial charge < -0.3 is 4.74 Å². The van der Waals surface area contributed by atoms with Gasteiger partial charge >= 0.3 is 5.97 Å². The summed E-state index contributed by atoms with van der Waals surface area (Å²) in [5.74, 6) is -1.60. The molecule has 0 unspecified atom stereocenters. The number of benzene rings is 1. The number of carbonyl (C=O) groups is 1. The standard InChI is InChI=1S/C13H18O6S2/c1-19-13(14)9-11-5-3-4-6-12(11)10-21(17,18)8-7-20(2,15)16/h3-6H,7-10H2,1-2H3. The van der Waals surface area contributed by atoms with Crippen LogP contribution in [0.1, 0.15) is 11.1 Å². The third-order valence-corrected chi connectivity index (χ3v) is 5.60. The molecule has 8 heteroatoms. The molecule has 21 heavy (non-hydrogen) atoms. The van der Waals surface area contributed by atoms with Crippen molar-refractivity contribution < 1.29 is 26.4 Å². The Hall–Kier alpha value is -1.41. The fraction of sp³-hybridized carbons (Fsp3) is 0.462. The number of carbonyl (C=O) groups excluding carboxylic acids is 1. The number of hydrogen-bond donors (Lipinski definition) is 0. The van der Waals surface area contributed by atoms with E-state index in [-0.39, 0.29) is 12.2 Å². The Balaban J connectivity index is 2.89. The van der Waals surface area contributed by atoms with E-state index < -0.39 is 37.1 Å². The van der Waals surface area contributed by atoms with Gasteiger partial charge in [-0.15, -0.1) is 0 Å². The van der Waals surface area contributed by atoms with Gasteiger partial charge in [-0.3, -0.25) is 4.79 Å². The zero-order valence-corrected chi connectivity index (χ0v) is 13.5. The Morgan fingerprint density at radius 2 is 1.62 bits per heavy atom. The van der Waals surface area contributed by atoms with E-state index in [2.05, 4.69) is 4.74 Å². The van der Waals surface area contributed by atoms with Crippen LogP contribution in [-0.4, -0.2) is 47.7 Å². The molecule has 0 amide bonds. The Kier molecular flexibility index (Phi) is 5.91. The summed E-state index contributed by atoms with van der Waals surface area (Å²) >= 11 is 0. The highest BCUT2D eigenvalue weighted by molar-refractivity contribution is 7.94. The summed E-state index contributed by atoms with van der Waals surface area (Å²) in [6, 6.07) is 6.63. The van der Waals surface area contributed by atoms with Gasteiger partial charge in [0.05, 0.1) is 30.8 Å². The minimum absolute atomic E-state index is 0.0196. The number of hydrogen-bond acceptors (Lipinski definition) is 6. The monoisotopic (exact) mass is 334 g/mol. The molecule has 0 saturated heterocycles. The van der Waals surface area contributed by atoms with Gasteiger partial charge in [0.25, 0.3) is 0 Å². The molecule has 0 saturated carbocycles. The first-order chi connectivity index (χ1) is 9.63. The molecular formula is C13H18O6S2. The van der Waals surface area contributed by atoms with E-state index >= 15 is 0 Å². The van der Waals surface area contributed by atoms with Crippen molar-refractivity contribution in [1.29, 1.82) is 0 Å². The van der Waals surface area contributed by atoms with Crippen LogP contribution in [0, 0.1) is 0 Å². The maximum Gasteiger partial charge on any atom is 0.309 e. The molecule has 1 rings (SSSR count). The van der Waals surface area contributed by atoms with Crippen LogP contribution in [-0.2, 0) is 41.4 Å². The van der Waals surface area contributed by atoms with Gasteiger partial charge in [-0.25, -0.2) is 16.8 Å². The Morgan fingerprint density at radius 1 is 1.05 bits per heavy atom. The fourth-order valence-corrected chi connectivity index (χ4v) is 4.81. The average Bonchev–Trinajstić information content (AvgIpc) is 2.38. The molecule has 0 radical (unpaired) electrons. The first-order valence-corrected chi connectivity index (χ1v) is 10.0. The van der Waals surface area contributed by atoms with Crippen molar-refractivity contribution in [1.82, 2.24) is 0 Å². The number of sulfone groups is 2. The van der Waals surface area contributed by atoms with Crippen molar-refractivity contribution in [2.24, 2.45) is 0 Å². The summed E-state index contributed by atoms with van der Waals surface area (Å²) in [5, 5.41) is 0. The van der Waals surface area contributed by atoms with E-state index in [9.17, 15) is 21.6 Å². The smallest absolute Gasteiger partial charge is 0.309 e. The molecule has 0 aliphatic carbocycles. The van der Waals surface area contributed by atoms with E-state index in [4.69, 9.17) is 0 Å². The predicted molar refractivity (Wildman–Crippen MR) is 79.4 cm³/mol. The summed E-state index contributed by atoms with van der Waals surface area (Å²) in [6.45, 7) is 0. The molecule has 0 spiro atoms. The minimum atomic E-state index is -3.56. The summed E-state index contributed by atoms with van der Waals surface area (Å²) in [4.78, 5) is 11.3. The highest BCUT2D eigenvalue weighted by Crippen LogP contribution is 2.14. The third kappa shape index (κ3) is 6.72. The molecule has 0 fully saturated rings. The molecule has 1 aromatic carbocycles. The zero-order chi connectivity index (χ0) is 16.1. The Labute approximate surface area is 125 Å². The number of ether oxygens (including phenoxy) is 1. The summed E-state index contributed by atoms with van der Waals surface area (Å²) in [5.41, 5.74) is 1.05. The molecule has 0 aliphatic heterocycles. The van der Waals surface area contributed by atoms with Gasteiger partial charge in [-0.2, -0.15) is 0 Å². The lowest BCUT2D eigenvalue weighted by molar-refractivity contribution is -0.139. The third-order valence-electron chi connectivity index (χ3n) is 2.82. The van der Waals surface area contributed by atoms with Crippen molar-refractivity contribution in [3.05, 3.63) is 35.4 Å². The van der Waals surface area contributed by atoms with Crippen LogP contribution in [0.25, 0.3) is 0 Å². The Morgan fingerprint density at radius 3 is 2.14 bits per heavy atom. The van der Waals surface area contributed by atoms with Crippen LogP contribution in [0.5, 0.6) is 0 Å². The van der Waals surface area contributed by atoms with E-state index in [0.717, 1.165) is 6.26 Å². The lowest BCUT2D eigenvalue weighted by atomic mass is 10.1. The van der Waals surface area contributed by atoms with Crippen LogP contribution in [0.3, 0.4) is 0 Å². The van der Waals surface area contributed by atoms with Crippen LogP contribution in [0.4, 0.5) is 0 Å². The molecule has 0 aliphatic rings. The normalized spacial score (nSPS) is 12.1. The average molecular weight is 334 g/mol. The summed E-state index contributed by atoms with van der Waals surface area (Å²) in [7, 11) is -5.64. The number of rotatable bonds is 7. The van der Waals surface area contributed by atoms with Gasteiger partial charge in [0.15, 0.2) is 9.84 Å². The number of methoxy groups -OCH3 is 1. The van der Waals surface area contributed by atoms with Gasteiger partial charge in [0.2, 0.25) is 0 Å². The van der Waals surface area contributed by atoms with Gasteiger partial charge in [0, 0.05) is 6.26 Å². The van der Waals surface area contributed by atoms with Crippen LogP contribution in [0.15, 0.2) is 24.3 Å². The number of esters is 1. The van der Waals surface area contributed by atoms with E-state index in [1.54, 1.807) is 24.3 Å². The van der Waals surface area contributed by atoms with Crippen molar-refractivity contribution in [2.45, 2.75) is 12.2 Å². The topological polar surface area (TPSA) is 94.6 Å². The molecule has 0 heterocycles. The second kappa shape index (κ2) is 7.04. The van der Waals surface area contributed by atoms with Gasteiger partial charge in [-0.1, -0.05) is 24.3 Å². The lowest BCUT2D eigenvalue weighted by Gasteiger charge is -2.09. The molecule has 0 N–H and O–H groups in total. The Bertz CT molecular complexity index is 704. The van der Waals surface area contributed by atoms with E-state index in [1.165, 1.54) is 7.11 Å². The molecule has 118 valence electrons. The molecule has 0 atom stereocenters. The quantitative estimate of drug-likeness (QED) is 0.668. The zero-order valence-electron chi connectivity index (χ0n) is 11.9. The van der Waals surface area contributed by atoms with Crippen molar-refractivity contribution in [3.63, 3.8) is 0 Å². The minimum Gasteiger partial charge on any atom is -0.469 e.